The Kier molecular flexibility index (Phi) is 7.47. The molecule has 1 aromatic rings. The van der Waals surface area contributed by atoms with Crippen LogP contribution in [-0.2, 0) is 6.54 Å². The van der Waals surface area contributed by atoms with Crippen LogP contribution in [0, 0.1) is 5.92 Å². The van der Waals surface area contributed by atoms with Crippen molar-refractivity contribution in [2.24, 2.45) is 11.7 Å². The number of hydrogen-bond donors (Lipinski definition) is 2. The van der Waals surface area contributed by atoms with Crippen molar-refractivity contribution < 1.29 is 0 Å². The van der Waals surface area contributed by atoms with Crippen molar-refractivity contribution in [3.63, 3.8) is 0 Å². The molecule has 0 aliphatic rings. The average Bonchev–Trinajstić information content (AvgIpc) is 2.82. The average molecular weight is 269 g/mol. The van der Waals surface area contributed by atoms with E-state index in [4.69, 9.17) is 5.73 Å². The molecule has 4 heteroatoms. The molecule has 1 aromatic heterocycles. The summed E-state index contributed by atoms with van der Waals surface area (Å²) < 4.78 is 0. The largest absolute Gasteiger partial charge is 0.322 e. The van der Waals surface area contributed by atoms with E-state index < -0.39 is 0 Å². The molecule has 2 atom stereocenters. The Labute approximate surface area is 115 Å². The van der Waals surface area contributed by atoms with E-state index in [-0.39, 0.29) is 6.04 Å². The van der Waals surface area contributed by atoms with Crippen LogP contribution in [-0.4, -0.2) is 11.5 Å². The minimum absolute atomic E-state index is 0.0525. The van der Waals surface area contributed by atoms with Gasteiger partial charge < -0.3 is 11.1 Å². The van der Waals surface area contributed by atoms with E-state index in [1.807, 2.05) is 6.92 Å². The van der Waals surface area contributed by atoms with Crippen molar-refractivity contribution in [2.75, 3.05) is 6.54 Å². The Morgan fingerprint density at radius 2 is 2.22 bits per heavy atom. The number of aromatic nitrogens is 1. The molecule has 0 aliphatic carbocycles. The second kappa shape index (κ2) is 8.62. The number of thiazole rings is 1. The summed E-state index contributed by atoms with van der Waals surface area (Å²) in [6.45, 7) is 8.48. The van der Waals surface area contributed by atoms with Crippen LogP contribution in [0.3, 0.4) is 0 Å². The molecule has 1 heterocycles. The number of rotatable bonds is 9. The summed E-state index contributed by atoms with van der Waals surface area (Å²) in [5, 5.41) is 6.66. The third kappa shape index (κ3) is 5.46. The minimum Gasteiger partial charge on any atom is -0.322 e. The highest BCUT2D eigenvalue weighted by Gasteiger charge is 2.08. The summed E-state index contributed by atoms with van der Waals surface area (Å²) in [7, 11) is 0. The van der Waals surface area contributed by atoms with Crippen molar-refractivity contribution in [2.45, 2.75) is 59.0 Å². The van der Waals surface area contributed by atoms with Gasteiger partial charge in [-0.05, 0) is 25.8 Å². The van der Waals surface area contributed by atoms with E-state index in [2.05, 4.69) is 29.5 Å². The van der Waals surface area contributed by atoms with Crippen LogP contribution in [0.25, 0.3) is 0 Å². The Morgan fingerprint density at radius 3 is 2.78 bits per heavy atom. The van der Waals surface area contributed by atoms with Gasteiger partial charge in [0, 0.05) is 11.9 Å². The predicted octanol–water partition coefficient (Wildman–Crippen LogP) is 3.47. The zero-order chi connectivity index (χ0) is 13.4. The van der Waals surface area contributed by atoms with Crippen LogP contribution in [0.4, 0.5) is 0 Å². The zero-order valence-corrected chi connectivity index (χ0v) is 12.7. The number of hydrogen-bond acceptors (Lipinski definition) is 4. The van der Waals surface area contributed by atoms with Gasteiger partial charge in [-0.1, -0.05) is 33.1 Å². The quantitative estimate of drug-likeness (QED) is 0.721. The number of nitrogens with two attached hydrogens (primary N) is 1. The number of nitrogens with one attached hydrogen (secondary N) is 1. The third-order valence-corrected chi connectivity index (χ3v) is 4.34. The standard InChI is InChI=1S/C14H27N3S/c1-4-6-7-12(5-2)8-16-9-13-10-18-14(17-13)11(3)15/h10-12,16H,4-9,15H2,1-3H3. The molecule has 0 saturated heterocycles. The Balaban J connectivity index is 2.26. The molecule has 0 aromatic carbocycles. The molecule has 0 bridgehead atoms. The van der Waals surface area contributed by atoms with Crippen molar-refractivity contribution in [3.05, 3.63) is 16.1 Å². The van der Waals surface area contributed by atoms with Crippen molar-refractivity contribution in [3.8, 4) is 0 Å². The Bertz CT molecular complexity index is 323. The maximum atomic E-state index is 5.81. The summed E-state index contributed by atoms with van der Waals surface area (Å²) >= 11 is 1.66. The Morgan fingerprint density at radius 1 is 1.44 bits per heavy atom. The van der Waals surface area contributed by atoms with Gasteiger partial charge in [0.05, 0.1) is 11.7 Å². The lowest BCUT2D eigenvalue weighted by Gasteiger charge is -2.14. The van der Waals surface area contributed by atoms with Gasteiger partial charge >= 0.3 is 0 Å². The van der Waals surface area contributed by atoms with Gasteiger partial charge in [0.15, 0.2) is 0 Å². The second-order valence-corrected chi connectivity index (χ2v) is 5.90. The van der Waals surface area contributed by atoms with Crippen LogP contribution < -0.4 is 11.1 Å². The van der Waals surface area contributed by atoms with E-state index in [9.17, 15) is 0 Å². The van der Waals surface area contributed by atoms with E-state index in [1.54, 1.807) is 11.3 Å². The van der Waals surface area contributed by atoms with Crippen LogP contribution >= 0.6 is 11.3 Å². The van der Waals surface area contributed by atoms with Gasteiger partial charge in [0.1, 0.15) is 5.01 Å². The highest BCUT2D eigenvalue weighted by Crippen LogP contribution is 2.16. The first kappa shape index (κ1) is 15.6. The molecule has 18 heavy (non-hydrogen) atoms. The molecule has 0 spiro atoms. The molecular weight excluding hydrogens is 242 g/mol. The first-order valence-electron chi connectivity index (χ1n) is 7.07. The fourth-order valence-electron chi connectivity index (χ4n) is 1.96. The summed E-state index contributed by atoms with van der Waals surface area (Å²) in [5.41, 5.74) is 6.93. The fourth-order valence-corrected chi connectivity index (χ4v) is 2.74. The number of nitrogens with zero attached hydrogens (tertiary/aromatic N) is 1. The Hall–Kier alpha value is -0.450. The molecule has 0 saturated carbocycles. The van der Waals surface area contributed by atoms with Gasteiger partial charge in [-0.25, -0.2) is 4.98 Å². The predicted molar refractivity (Wildman–Crippen MR) is 79.7 cm³/mol. The van der Waals surface area contributed by atoms with Crippen molar-refractivity contribution in [1.82, 2.24) is 10.3 Å². The van der Waals surface area contributed by atoms with E-state index in [0.717, 1.165) is 29.7 Å². The summed E-state index contributed by atoms with van der Waals surface area (Å²) in [4.78, 5) is 4.53. The highest BCUT2D eigenvalue weighted by atomic mass is 32.1. The molecule has 0 aliphatic heterocycles. The van der Waals surface area contributed by atoms with E-state index in [0.29, 0.717) is 0 Å². The smallest absolute Gasteiger partial charge is 0.109 e. The molecule has 3 N–H and O–H groups in total. The molecule has 3 nitrogen and oxygen atoms in total. The van der Waals surface area contributed by atoms with Crippen LogP contribution in [0.5, 0.6) is 0 Å². The van der Waals surface area contributed by atoms with Crippen molar-refractivity contribution >= 4 is 11.3 Å². The lowest BCUT2D eigenvalue weighted by atomic mass is 9.99. The third-order valence-electron chi connectivity index (χ3n) is 3.24. The van der Waals surface area contributed by atoms with Gasteiger partial charge in [0.2, 0.25) is 0 Å². The molecule has 0 fully saturated rings. The molecular formula is C14H27N3S. The lowest BCUT2D eigenvalue weighted by molar-refractivity contribution is 0.418. The zero-order valence-electron chi connectivity index (χ0n) is 11.9. The first-order chi connectivity index (χ1) is 8.67. The normalized spacial score (nSPS) is 14.7. The highest BCUT2D eigenvalue weighted by molar-refractivity contribution is 7.09. The van der Waals surface area contributed by atoms with Crippen LogP contribution in [0.15, 0.2) is 5.38 Å². The SMILES string of the molecule is CCCCC(CC)CNCc1csc(C(C)N)n1. The molecule has 104 valence electrons. The van der Waals surface area contributed by atoms with Crippen molar-refractivity contribution in [1.29, 1.82) is 0 Å². The maximum absolute atomic E-state index is 5.81. The molecule has 1 rings (SSSR count). The molecule has 0 radical (unpaired) electrons. The summed E-state index contributed by atoms with van der Waals surface area (Å²) in [6.07, 6.45) is 5.23. The monoisotopic (exact) mass is 269 g/mol. The van der Waals surface area contributed by atoms with Crippen LogP contribution in [0.2, 0.25) is 0 Å². The molecule has 2 unspecified atom stereocenters. The maximum Gasteiger partial charge on any atom is 0.109 e. The summed E-state index contributed by atoms with van der Waals surface area (Å²) in [5.74, 6) is 0.802. The second-order valence-electron chi connectivity index (χ2n) is 5.01. The first-order valence-corrected chi connectivity index (χ1v) is 7.95. The topological polar surface area (TPSA) is 50.9 Å². The summed E-state index contributed by atoms with van der Waals surface area (Å²) in [6, 6.07) is 0.0525. The van der Waals surface area contributed by atoms with E-state index in [1.165, 1.54) is 25.7 Å². The minimum atomic E-state index is 0.0525. The van der Waals surface area contributed by atoms with Gasteiger partial charge in [-0.15, -0.1) is 11.3 Å². The fraction of sp³-hybridized carbons (Fsp3) is 0.786. The molecule has 0 amide bonds. The number of unbranched alkanes of at least 4 members (excludes halogenated alkanes) is 1. The van der Waals surface area contributed by atoms with E-state index >= 15 is 0 Å². The van der Waals surface area contributed by atoms with Gasteiger partial charge in [-0.3, -0.25) is 0 Å². The lowest BCUT2D eigenvalue weighted by Crippen LogP contribution is -2.22. The van der Waals surface area contributed by atoms with Crippen LogP contribution in [0.1, 0.15) is 63.2 Å². The van der Waals surface area contributed by atoms with Gasteiger partial charge in [-0.2, -0.15) is 0 Å². The van der Waals surface area contributed by atoms with Gasteiger partial charge in [0.25, 0.3) is 0 Å².